The first-order valence-corrected chi connectivity index (χ1v) is 14.6. The van der Waals surface area contributed by atoms with Crippen LogP contribution in [0.25, 0.3) is 10.2 Å². The Bertz CT molecular complexity index is 1460. The van der Waals surface area contributed by atoms with Crippen LogP contribution in [0.4, 0.5) is 5.69 Å². The number of likely N-dealkylation sites (N-methyl/N-ethyl adjacent to an activating group) is 1. The lowest BCUT2D eigenvalue weighted by atomic mass is 9.89. The molecule has 2 aromatic heterocycles. The minimum absolute atomic E-state index is 0.00946. The molecule has 2 saturated heterocycles. The van der Waals surface area contributed by atoms with E-state index in [4.69, 9.17) is 20.2 Å². The van der Waals surface area contributed by atoms with E-state index in [2.05, 4.69) is 41.3 Å². The maximum Gasteiger partial charge on any atom is 0.313 e. The van der Waals surface area contributed by atoms with Crippen LogP contribution in [0, 0.1) is 5.92 Å². The molecule has 3 N–H and O–H groups in total. The Morgan fingerprint density at radius 1 is 1.12 bits per heavy atom. The SMILES string of the molecule is COc1ncc(NC(=O)C(=O)N2C[C@@H](C)CC[C@@H]2c2ccc3sc([C@H]4CCN(C)C[C@@H]4OC)nc3c2)cc1C(N)=O. The van der Waals surface area contributed by atoms with Crippen molar-refractivity contribution in [3.8, 4) is 5.88 Å². The highest BCUT2D eigenvalue weighted by atomic mass is 32.1. The molecule has 41 heavy (non-hydrogen) atoms. The van der Waals surface area contributed by atoms with Crippen molar-refractivity contribution in [3.05, 3.63) is 46.6 Å². The number of thiazole rings is 1. The molecule has 2 aliphatic heterocycles. The number of pyridine rings is 1. The van der Waals surface area contributed by atoms with Gasteiger partial charge in [0.2, 0.25) is 5.88 Å². The zero-order valence-electron chi connectivity index (χ0n) is 23.8. The van der Waals surface area contributed by atoms with Gasteiger partial charge in [0.1, 0.15) is 5.56 Å². The Morgan fingerprint density at radius 2 is 1.93 bits per heavy atom. The average molecular weight is 581 g/mol. The standard InChI is InChI=1S/C29H36N6O5S/c1-16-5-7-22(35(14-16)29(38)26(37)32-18-12-20(25(30)36)27(40-4)31-13-18)17-6-8-24-21(11-17)33-28(41-24)19-9-10-34(2)15-23(19)39-3/h6,8,11-13,16,19,22-23H,5,7,9-10,14-15H2,1-4H3,(H2,30,36)(H,32,37)/t16-,19-,22+,23-/m0/s1. The summed E-state index contributed by atoms with van der Waals surface area (Å²) in [6.07, 6.45) is 4.08. The third-order valence-corrected chi connectivity index (χ3v) is 9.20. The number of nitrogens with two attached hydrogens (primary N) is 1. The van der Waals surface area contributed by atoms with E-state index in [1.165, 1.54) is 19.4 Å². The molecular weight excluding hydrogens is 544 g/mol. The van der Waals surface area contributed by atoms with Crippen molar-refractivity contribution in [1.29, 1.82) is 0 Å². The van der Waals surface area contributed by atoms with Crippen LogP contribution in [-0.2, 0) is 14.3 Å². The molecule has 2 aliphatic rings. The monoisotopic (exact) mass is 580 g/mol. The van der Waals surface area contributed by atoms with Crippen LogP contribution >= 0.6 is 11.3 Å². The number of nitrogens with one attached hydrogen (secondary N) is 1. The Morgan fingerprint density at radius 3 is 2.66 bits per heavy atom. The summed E-state index contributed by atoms with van der Waals surface area (Å²) in [4.78, 5) is 51.3. The number of rotatable bonds is 6. The maximum atomic E-state index is 13.5. The number of primary amides is 1. The highest BCUT2D eigenvalue weighted by Crippen LogP contribution is 2.38. The molecule has 2 fully saturated rings. The van der Waals surface area contributed by atoms with Gasteiger partial charge in [-0.15, -0.1) is 11.3 Å². The Labute approximate surface area is 243 Å². The van der Waals surface area contributed by atoms with E-state index in [1.807, 2.05) is 6.07 Å². The number of piperidine rings is 2. The third kappa shape index (κ3) is 6.04. The summed E-state index contributed by atoms with van der Waals surface area (Å²) in [6, 6.07) is 7.25. The summed E-state index contributed by atoms with van der Waals surface area (Å²) < 4.78 is 11.9. The number of hydrogen-bond donors (Lipinski definition) is 2. The molecular formula is C29H36N6O5S. The number of aromatic nitrogens is 2. The quantitative estimate of drug-likeness (QED) is 0.424. The van der Waals surface area contributed by atoms with Crippen molar-refractivity contribution in [2.45, 2.75) is 44.2 Å². The first-order valence-electron chi connectivity index (χ1n) is 13.8. The van der Waals surface area contributed by atoms with Gasteiger partial charge in [-0.1, -0.05) is 13.0 Å². The number of anilines is 1. The molecule has 0 bridgehead atoms. The number of benzene rings is 1. The van der Waals surface area contributed by atoms with E-state index in [0.29, 0.717) is 6.54 Å². The molecule has 12 heteroatoms. The van der Waals surface area contributed by atoms with E-state index < -0.39 is 17.7 Å². The van der Waals surface area contributed by atoms with E-state index in [-0.39, 0.29) is 41.1 Å². The molecule has 0 saturated carbocycles. The molecule has 4 heterocycles. The average Bonchev–Trinajstić information content (AvgIpc) is 3.39. The second-order valence-corrected chi connectivity index (χ2v) is 12.0. The molecule has 0 spiro atoms. The van der Waals surface area contributed by atoms with Crippen LogP contribution in [0.3, 0.4) is 0 Å². The lowest BCUT2D eigenvalue weighted by molar-refractivity contribution is -0.146. The van der Waals surface area contributed by atoms with Crippen LogP contribution < -0.4 is 15.8 Å². The third-order valence-electron chi connectivity index (χ3n) is 8.04. The highest BCUT2D eigenvalue weighted by molar-refractivity contribution is 7.18. The van der Waals surface area contributed by atoms with E-state index in [9.17, 15) is 14.4 Å². The summed E-state index contributed by atoms with van der Waals surface area (Å²) in [6.45, 7) is 4.40. The highest BCUT2D eigenvalue weighted by Gasteiger charge is 2.35. The van der Waals surface area contributed by atoms with Gasteiger partial charge >= 0.3 is 11.8 Å². The first kappa shape index (κ1) is 28.9. The van der Waals surface area contributed by atoms with Gasteiger partial charge in [-0.2, -0.15) is 0 Å². The van der Waals surface area contributed by atoms with Gasteiger partial charge in [0, 0.05) is 26.1 Å². The molecule has 218 valence electrons. The number of carbonyl (C=O) groups excluding carboxylic acids is 3. The molecule has 0 aliphatic carbocycles. The smallest absolute Gasteiger partial charge is 0.313 e. The number of amides is 3. The molecule has 1 aromatic carbocycles. The normalized spacial score (nSPS) is 23.4. The van der Waals surface area contributed by atoms with Crippen LogP contribution in [0.5, 0.6) is 5.88 Å². The van der Waals surface area contributed by atoms with Gasteiger partial charge in [-0.05, 0) is 62.5 Å². The van der Waals surface area contributed by atoms with Crippen LogP contribution in [-0.4, -0.2) is 84.5 Å². The van der Waals surface area contributed by atoms with Crippen molar-refractivity contribution in [3.63, 3.8) is 0 Å². The Kier molecular flexibility index (Phi) is 8.52. The van der Waals surface area contributed by atoms with Gasteiger partial charge in [0.05, 0.1) is 46.4 Å². The number of likely N-dealkylation sites (tertiary alicyclic amines) is 2. The molecule has 4 atom stereocenters. The molecule has 5 rings (SSSR count). The number of methoxy groups -OCH3 is 2. The first-order chi connectivity index (χ1) is 19.7. The van der Waals surface area contributed by atoms with Gasteiger partial charge < -0.3 is 30.3 Å². The Balaban J connectivity index is 1.37. The number of nitrogens with zero attached hydrogens (tertiary/aromatic N) is 4. The fraction of sp³-hybridized carbons (Fsp3) is 0.483. The minimum atomic E-state index is -0.809. The molecule has 11 nitrogen and oxygen atoms in total. The van der Waals surface area contributed by atoms with Crippen molar-refractivity contribution in [1.82, 2.24) is 19.8 Å². The lowest BCUT2D eigenvalue weighted by Crippen LogP contribution is -2.46. The van der Waals surface area contributed by atoms with Gasteiger partial charge in [-0.25, -0.2) is 9.97 Å². The zero-order valence-corrected chi connectivity index (χ0v) is 24.6. The number of ether oxygens (including phenoxy) is 2. The summed E-state index contributed by atoms with van der Waals surface area (Å²) in [5, 5.41) is 3.65. The van der Waals surface area contributed by atoms with E-state index in [1.54, 1.807) is 23.3 Å². The summed E-state index contributed by atoms with van der Waals surface area (Å²) >= 11 is 1.70. The maximum absolute atomic E-state index is 13.5. The van der Waals surface area contributed by atoms with Crippen LogP contribution in [0.1, 0.15) is 59.1 Å². The number of hydrogen-bond acceptors (Lipinski definition) is 9. The molecule has 0 unspecified atom stereocenters. The van der Waals surface area contributed by atoms with Gasteiger partial charge in [0.15, 0.2) is 0 Å². The lowest BCUT2D eigenvalue weighted by Gasteiger charge is -2.38. The van der Waals surface area contributed by atoms with E-state index in [0.717, 1.165) is 53.1 Å². The topological polar surface area (TPSA) is 140 Å². The largest absolute Gasteiger partial charge is 0.480 e. The van der Waals surface area contributed by atoms with E-state index >= 15 is 0 Å². The molecule has 3 amide bonds. The van der Waals surface area contributed by atoms with Crippen molar-refractivity contribution in [2.75, 3.05) is 46.2 Å². The minimum Gasteiger partial charge on any atom is -0.480 e. The Hall–Kier alpha value is -3.61. The van der Waals surface area contributed by atoms with Crippen LogP contribution in [0.2, 0.25) is 0 Å². The molecule has 0 radical (unpaired) electrons. The van der Waals surface area contributed by atoms with Crippen molar-refractivity contribution < 1.29 is 23.9 Å². The fourth-order valence-electron chi connectivity index (χ4n) is 5.82. The number of fused-ring (bicyclic) bond motifs is 1. The zero-order chi connectivity index (χ0) is 29.3. The van der Waals surface area contributed by atoms with Crippen LogP contribution in [0.15, 0.2) is 30.5 Å². The fourth-order valence-corrected chi connectivity index (χ4v) is 6.95. The predicted octanol–water partition coefficient (Wildman–Crippen LogP) is 3.17. The summed E-state index contributed by atoms with van der Waals surface area (Å²) in [5.41, 5.74) is 7.45. The summed E-state index contributed by atoms with van der Waals surface area (Å²) in [7, 11) is 5.23. The van der Waals surface area contributed by atoms with Gasteiger partial charge in [0.25, 0.3) is 5.91 Å². The summed E-state index contributed by atoms with van der Waals surface area (Å²) in [5.74, 6) is -1.67. The second kappa shape index (κ2) is 12.1. The van der Waals surface area contributed by atoms with Crippen molar-refractivity contribution in [2.24, 2.45) is 11.7 Å². The number of carbonyl (C=O) groups is 3. The second-order valence-electron chi connectivity index (χ2n) is 11.0. The van der Waals surface area contributed by atoms with Gasteiger partial charge in [-0.3, -0.25) is 14.4 Å². The van der Waals surface area contributed by atoms with Crippen molar-refractivity contribution >= 4 is 45.0 Å². The predicted molar refractivity (Wildman–Crippen MR) is 156 cm³/mol. The molecule has 3 aromatic rings.